The Bertz CT molecular complexity index is 1350. The Labute approximate surface area is 204 Å². The molecule has 1 fully saturated rings. The molecule has 1 aliphatic heterocycles. The first-order valence-electron chi connectivity index (χ1n) is 11.7. The number of hydrogen-bond acceptors (Lipinski definition) is 5. The minimum absolute atomic E-state index is 0.337. The topological polar surface area (TPSA) is 116 Å². The van der Waals surface area contributed by atoms with Gasteiger partial charge in [-0.2, -0.15) is 10.4 Å². The predicted octanol–water partition coefficient (Wildman–Crippen LogP) is 2.94. The molecule has 4 N–H and O–H groups in total. The van der Waals surface area contributed by atoms with Crippen molar-refractivity contribution < 1.29 is 14.3 Å². The van der Waals surface area contributed by atoms with E-state index in [2.05, 4.69) is 23.2 Å². The number of halogens is 1. The molecule has 4 atom stereocenters. The van der Waals surface area contributed by atoms with Gasteiger partial charge in [0, 0.05) is 24.2 Å². The number of aliphatic hydroxyl groups is 1. The summed E-state index contributed by atoms with van der Waals surface area (Å²) in [6.45, 7) is 8.11. The van der Waals surface area contributed by atoms with E-state index in [-0.39, 0.29) is 11.8 Å². The molecule has 1 saturated heterocycles. The van der Waals surface area contributed by atoms with Crippen molar-refractivity contribution in [1.82, 2.24) is 14.9 Å². The number of fused-ring (bicyclic) bond motifs is 1. The fourth-order valence-corrected chi connectivity index (χ4v) is 5.66. The van der Waals surface area contributed by atoms with Crippen LogP contribution in [0.1, 0.15) is 56.9 Å². The first-order chi connectivity index (χ1) is 16.4. The van der Waals surface area contributed by atoms with Gasteiger partial charge >= 0.3 is 0 Å². The Kier molecular flexibility index (Phi) is 6.09. The lowest BCUT2D eigenvalue weighted by molar-refractivity contribution is -0.137. The van der Waals surface area contributed by atoms with Crippen molar-refractivity contribution in [1.29, 1.82) is 5.26 Å². The molecule has 1 aliphatic carbocycles. The average molecular weight is 476 g/mol. The number of pyridine rings is 1. The molecule has 7 nitrogen and oxygen atoms in total. The number of aromatic nitrogens is 2. The zero-order valence-corrected chi connectivity index (χ0v) is 20.4. The van der Waals surface area contributed by atoms with E-state index in [0.717, 1.165) is 0 Å². The van der Waals surface area contributed by atoms with Gasteiger partial charge < -0.3 is 16.2 Å². The van der Waals surface area contributed by atoms with E-state index < -0.39 is 28.2 Å². The minimum Gasteiger partial charge on any atom is -0.378 e. The second-order valence-electron chi connectivity index (χ2n) is 10.3. The van der Waals surface area contributed by atoms with Crippen LogP contribution < -0.4 is 11.1 Å². The quantitative estimate of drug-likeness (QED) is 0.590. The predicted molar refractivity (Wildman–Crippen MR) is 131 cm³/mol. The fraction of sp³-hybridized carbons (Fsp3) is 0.444. The molecule has 0 radical (unpaired) electrons. The van der Waals surface area contributed by atoms with Crippen molar-refractivity contribution in [2.75, 3.05) is 13.1 Å². The van der Waals surface area contributed by atoms with Crippen molar-refractivity contribution in [3.63, 3.8) is 0 Å². The van der Waals surface area contributed by atoms with Crippen molar-refractivity contribution >= 4 is 11.4 Å². The summed E-state index contributed by atoms with van der Waals surface area (Å²) in [4.78, 5) is 13.1. The standard InChI is InChI=1S/C27H30FN5O2/c1-17-5-7-19(28)13-27(17,24(30)34)26(4)11-12-31-15-21(26)23-20(14-29)22-8-6-18(16-33(22)32-23)9-10-25(2,3)35/h5-8,13,16-17,21,31,35H,11-12,15H2,1-4H3,(H2,30,34). The minimum atomic E-state index is -1.29. The third-order valence-corrected chi connectivity index (χ3v) is 7.53. The molecule has 2 aliphatic rings. The number of piperidine rings is 1. The molecule has 182 valence electrons. The summed E-state index contributed by atoms with van der Waals surface area (Å²) in [5.41, 5.74) is 4.95. The number of allylic oxidation sites excluding steroid dienone is 3. The number of amides is 1. The van der Waals surface area contributed by atoms with Gasteiger partial charge in [0.1, 0.15) is 23.1 Å². The number of nitrogens with two attached hydrogens (primary N) is 1. The lowest BCUT2D eigenvalue weighted by Crippen LogP contribution is -2.59. The number of hydrogen-bond donors (Lipinski definition) is 3. The highest BCUT2D eigenvalue weighted by Gasteiger charge is 2.60. The van der Waals surface area contributed by atoms with Gasteiger partial charge in [0.2, 0.25) is 5.91 Å². The third kappa shape index (κ3) is 4.03. The first-order valence-corrected chi connectivity index (χ1v) is 11.7. The van der Waals surface area contributed by atoms with Gasteiger partial charge in [0.15, 0.2) is 0 Å². The molecule has 35 heavy (non-hydrogen) atoms. The lowest BCUT2D eigenvalue weighted by Gasteiger charge is -2.54. The van der Waals surface area contributed by atoms with Crippen LogP contribution in [0.25, 0.3) is 5.52 Å². The molecule has 3 heterocycles. The molecule has 4 unspecified atom stereocenters. The average Bonchev–Trinajstić information content (AvgIpc) is 3.16. The monoisotopic (exact) mass is 475 g/mol. The van der Waals surface area contributed by atoms with E-state index in [9.17, 15) is 19.6 Å². The van der Waals surface area contributed by atoms with Crippen LogP contribution in [-0.4, -0.2) is 39.3 Å². The summed E-state index contributed by atoms with van der Waals surface area (Å²) in [6, 6.07) is 5.83. The van der Waals surface area contributed by atoms with E-state index in [1.54, 1.807) is 42.8 Å². The number of carbonyl (C=O) groups excluding carboxylic acids is 1. The number of primary amides is 1. The van der Waals surface area contributed by atoms with Crippen molar-refractivity contribution in [3.05, 3.63) is 59.2 Å². The number of nitriles is 1. The van der Waals surface area contributed by atoms with Crippen LogP contribution in [-0.2, 0) is 4.79 Å². The maximum atomic E-state index is 14.6. The van der Waals surface area contributed by atoms with Crippen molar-refractivity contribution in [3.8, 4) is 17.9 Å². The maximum Gasteiger partial charge on any atom is 0.228 e. The zero-order valence-electron chi connectivity index (χ0n) is 20.4. The van der Waals surface area contributed by atoms with Crippen LogP contribution in [0.3, 0.4) is 0 Å². The van der Waals surface area contributed by atoms with Gasteiger partial charge in [-0.15, -0.1) is 0 Å². The molecule has 1 amide bonds. The number of rotatable bonds is 3. The van der Waals surface area contributed by atoms with E-state index in [1.165, 1.54) is 12.2 Å². The van der Waals surface area contributed by atoms with Gasteiger partial charge in [-0.1, -0.05) is 31.8 Å². The number of nitrogens with one attached hydrogen (secondary N) is 1. The van der Waals surface area contributed by atoms with E-state index in [1.807, 2.05) is 13.8 Å². The van der Waals surface area contributed by atoms with Crippen molar-refractivity contribution in [2.45, 2.75) is 45.6 Å². The second kappa shape index (κ2) is 8.64. The Balaban J connectivity index is 1.90. The molecule has 0 bridgehead atoms. The van der Waals surface area contributed by atoms with E-state index >= 15 is 0 Å². The number of nitrogens with zero attached hydrogens (tertiary/aromatic N) is 3. The Morgan fingerprint density at radius 2 is 2.17 bits per heavy atom. The summed E-state index contributed by atoms with van der Waals surface area (Å²) in [6.07, 6.45) is 6.68. The van der Waals surface area contributed by atoms with Crippen LogP contribution in [0.15, 0.2) is 42.4 Å². The smallest absolute Gasteiger partial charge is 0.228 e. The normalized spacial score (nSPS) is 28.7. The largest absolute Gasteiger partial charge is 0.378 e. The molecule has 4 rings (SSSR count). The Morgan fingerprint density at radius 1 is 1.43 bits per heavy atom. The molecule has 0 spiro atoms. The third-order valence-electron chi connectivity index (χ3n) is 7.53. The summed E-state index contributed by atoms with van der Waals surface area (Å²) in [5, 5.41) is 28.2. The summed E-state index contributed by atoms with van der Waals surface area (Å²) in [7, 11) is 0. The highest BCUT2D eigenvalue weighted by Crippen LogP contribution is 2.59. The molecule has 0 saturated carbocycles. The fourth-order valence-electron chi connectivity index (χ4n) is 5.66. The molecular formula is C27H30FN5O2. The van der Waals surface area contributed by atoms with Crippen molar-refractivity contribution in [2.24, 2.45) is 22.5 Å². The van der Waals surface area contributed by atoms with E-state index in [0.29, 0.717) is 41.8 Å². The van der Waals surface area contributed by atoms with E-state index in [4.69, 9.17) is 10.8 Å². The van der Waals surface area contributed by atoms with Gasteiger partial charge in [-0.25, -0.2) is 8.91 Å². The maximum absolute atomic E-state index is 14.6. The van der Waals surface area contributed by atoms with Gasteiger partial charge in [-0.05, 0) is 62.4 Å². The van der Waals surface area contributed by atoms with Gasteiger partial charge in [-0.3, -0.25) is 4.79 Å². The first kappa shape index (κ1) is 24.7. The van der Waals surface area contributed by atoms with Crippen LogP contribution in [0, 0.1) is 39.9 Å². The summed E-state index contributed by atoms with van der Waals surface area (Å²) < 4.78 is 16.2. The molecule has 0 aromatic carbocycles. The second-order valence-corrected chi connectivity index (χ2v) is 10.3. The highest BCUT2D eigenvalue weighted by atomic mass is 19.1. The number of carbonyl (C=O) groups is 1. The lowest BCUT2D eigenvalue weighted by atomic mass is 9.49. The molecule has 2 aromatic heterocycles. The molecule has 2 aromatic rings. The molecular weight excluding hydrogens is 445 g/mol. The van der Waals surface area contributed by atoms with Gasteiger partial charge in [0.05, 0.1) is 16.6 Å². The van der Waals surface area contributed by atoms with Gasteiger partial charge in [0.25, 0.3) is 0 Å². The van der Waals surface area contributed by atoms with Crippen LogP contribution in [0.5, 0.6) is 0 Å². The SMILES string of the molecule is CC1C=CC(F)=CC1(C(N)=O)C1(C)CCNCC1c1nn2cc(C#CC(C)(C)O)ccc2c1C#N. The van der Waals surface area contributed by atoms with Crippen LogP contribution in [0.4, 0.5) is 4.39 Å². The molecule has 8 heteroatoms. The zero-order chi connectivity index (χ0) is 25.6. The Morgan fingerprint density at radius 3 is 2.83 bits per heavy atom. The summed E-state index contributed by atoms with van der Waals surface area (Å²) >= 11 is 0. The highest BCUT2D eigenvalue weighted by molar-refractivity contribution is 5.85. The van der Waals surface area contributed by atoms with Crippen LogP contribution in [0.2, 0.25) is 0 Å². The summed E-state index contributed by atoms with van der Waals surface area (Å²) in [5.74, 6) is 3.89. The Hall–Kier alpha value is -3.46. The van der Waals surface area contributed by atoms with Crippen LogP contribution >= 0.6 is 0 Å².